The van der Waals surface area contributed by atoms with Gasteiger partial charge in [0, 0.05) is 6.04 Å². The fourth-order valence-electron chi connectivity index (χ4n) is 1.74. The van der Waals surface area contributed by atoms with E-state index in [-0.39, 0.29) is 0 Å². The van der Waals surface area contributed by atoms with E-state index in [2.05, 4.69) is 56.4 Å². The van der Waals surface area contributed by atoms with E-state index in [4.69, 9.17) is 0 Å². The van der Waals surface area contributed by atoms with Gasteiger partial charge in [-0.25, -0.2) is 0 Å². The third-order valence-electron chi connectivity index (χ3n) is 2.55. The fraction of sp³-hybridized carbons (Fsp3) is 0.571. The Morgan fingerprint density at radius 1 is 1.13 bits per heavy atom. The lowest BCUT2D eigenvalue weighted by molar-refractivity contribution is 0.449. The van der Waals surface area contributed by atoms with E-state index in [1.54, 1.807) is 0 Å². The topological polar surface area (TPSA) is 12.0 Å². The Morgan fingerprint density at radius 2 is 1.80 bits per heavy atom. The van der Waals surface area contributed by atoms with Crippen LogP contribution in [0.5, 0.6) is 0 Å². The van der Waals surface area contributed by atoms with Crippen molar-refractivity contribution >= 4 is 0 Å². The summed E-state index contributed by atoms with van der Waals surface area (Å²) in [6.45, 7) is 7.84. The average molecular weight is 205 g/mol. The smallest absolute Gasteiger partial charge is 0.0320 e. The van der Waals surface area contributed by atoms with Crippen LogP contribution >= 0.6 is 0 Å². The first-order chi connectivity index (χ1) is 7.24. The van der Waals surface area contributed by atoms with Crippen LogP contribution in [0.1, 0.15) is 45.2 Å². The first-order valence-corrected chi connectivity index (χ1v) is 6.02. The molecule has 0 aliphatic carbocycles. The Morgan fingerprint density at radius 3 is 2.33 bits per heavy atom. The van der Waals surface area contributed by atoms with Crippen LogP contribution in [0.15, 0.2) is 30.3 Å². The average Bonchev–Trinajstić information content (AvgIpc) is 2.25. The van der Waals surface area contributed by atoms with Crippen LogP contribution in [-0.4, -0.2) is 6.54 Å². The molecular weight excluding hydrogens is 182 g/mol. The Kier molecular flexibility index (Phi) is 5.41. The molecule has 15 heavy (non-hydrogen) atoms. The third-order valence-corrected chi connectivity index (χ3v) is 2.55. The van der Waals surface area contributed by atoms with Crippen molar-refractivity contribution in [2.75, 3.05) is 6.54 Å². The number of nitrogens with one attached hydrogen (secondary N) is 1. The predicted molar refractivity (Wildman–Crippen MR) is 66.9 cm³/mol. The van der Waals surface area contributed by atoms with Gasteiger partial charge in [0.2, 0.25) is 0 Å². The first kappa shape index (κ1) is 12.3. The van der Waals surface area contributed by atoms with Crippen molar-refractivity contribution in [1.29, 1.82) is 0 Å². The summed E-state index contributed by atoms with van der Waals surface area (Å²) in [4.78, 5) is 0. The van der Waals surface area contributed by atoms with Gasteiger partial charge in [0.05, 0.1) is 0 Å². The lowest BCUT2D eigenvalue weighted by atomic mass is 10.0. The Labute approximate surface area is 93.9 Å². The molecule has 1 atom stereocenters. The highest BCUT2D eigenvalue weighted by atomic mass is 14.9. The van der Waals surface area contributed by atoms with Crippen molar-refractivity contribution in [3.05, 3.63) is 35.9 Å². The Bertz CT molecular complexity index is 253. The van der Waals surface area contributed by atoms with Crippen LogP contribution in [0.25, 0.3) is 0 Å². The Hall–Kier alpha value is -0.820. The number of rotatable bonds is 6. The van der Waals surface area contributed by atoms with Crippen molar-refractivity contribution in [3.8, 4) is 0 Å². The van der Waals surface area contributed by atoms with Gasteiger partial charge in [-0.3, -0.25) is 0 Å². The van der Waals surface area contributed by atoms with Crippen LogP contribution in [0, 0.1) is 5.92 Å². The summed E-state index contributed by atoms with van der Waals surface area (Å²) in [5.41, 5.74) is 1.42. The molecule has 0 fully saturated rings. The van der Waals surface area contributed by atoms with Crippen molar-refractivity contribution in [3.63, 3.8) is 0 Å². The quantitative estimate of drug-likeness (QED) is 0.745. The van der Waals surface area contributed by atoms with Gasteiger partial charge in [0.25, 0.3) is 0 Å². The lowest BCUT2D eigenvalue weighted by Crippen LogP contribution is -2.25. The van der Waals surface area contributed by atoms with E-state index in [1.165, 1.54) is 18.4 Å². The Balaban J connectivity index is 2.57. The van der Waals surface area contributed by atoms with E-state index in [0.29, 0.717) is 12.0 Å². The molecular formula is C14H23N. The van der Waals surface area contributed by atoms with Crippen molar-refractivity contribution in [2.45, 2.75) is 39.7 Å². The SMILES string of the molecule is CCC[C@H](NCC(C)C)c1ccccc1. The molecule has 0 saturated heterocycles. The summed E-state index contributed by atoms with van der Waals surface area (Å²) in [5, 5.41) is 3.64. The first-order valence-electron chi connectivity index (χ1n) is 6.02. The third kappa shape index (κ3) is 4.48. The zero-order valence-electron chi connectivity index (χ0n) is 10.2. The minimum Gasteiger partial charge on any atom is -0.310 e. The van der Waals surface area contributed by atoms with E-state index < -0.39 is 0 Å². The largest absolute Gasteiger partial charge is 0.310 e. The maximum atomic E-state index is 3.64. The molecule has 1 rings (SSSR count). The normalized spacial score (nSPS) is 13.1. The maximum absolute atomic E-state index is 3.64. The van der Waals surface area contributed by atoms with E-state index in [9.17, 15) is 0 Å². The van der Waals surface area contributed by atoms with E-state index in [1.807, 2.05) is 0 Å². The summed E-state index contributed by atoms with van der Waals surface area (Å²) in [5.74, 6) is 0.716. The van der Waals surface area contributed by atoms with Crippen LogP contribution in [0.3, 0.4) is 0 Å². The highest BCUT2D eigenvalue weighted by Crippen LogP contribution is 2.18. The second-order valence-electron chi connectivity index (χ2n) is 4.55. The summed E-state index contributed by atoms with van der Waals surface area (Å²) in [7, 11) is 0. The molecule has 1 heteroatoms. The molecule has 0 radical (unpaired) electrons. The molecule has 1 aromatic carbocycles. The highest BCUT2D eigenvalue weighted by molar-refractivity contribution is 5.18. The van der Waals surface area contributed by atoms with Gasteiger partial charge >= 0.3 is 0 Å². The molecule has 0 spiro atoms. The van der Waals surface area contributed by atoms with Gasteiger partial charge < -0.3 is 5.32 Å². The van der Waals surface area contributed by atoms with Crippen molar-refractivity contribution in [1.82, 2.24) is 5.32 Å². The molecule has 0 unspecified atom stereocenters. The number of benzene rings is 1. The van der Waals surface area contributed by atoms with Crippen molar-refractivity contribution in [2.24, 2.45) is 5.92 Å². The molecule has 1 nitrogen and oxygen atoms in total. The minimum absolute atomic E-state index is 0.526. The molecule has 0 aromatic heterocycles. The minimum atomic E-state index is 0.526. The second kappa shape index (κ2) is 6.62. The van der Waals surface area contributed by atoms with Crippen LogP contribution in [0.2, 0.25) is 0 Å². The van der Waals surface area contributed by atoms with Crippen LogP contribution < -0.4 is 5.32 Å². The van der Waals surface area contributed by atoms with E-state index >= 15 is 0 Å². The number of hydrogen-bond acceptors (Lipinski definition) is 1. The van der Waals surface area contributed by atoms with Crippen LogP contribution in [-0.2, 0) is 0 Å². The fourth-order valence-corrected chi connectivity index (χ4v) is 1.74. The standard InChI is InChI=1S/C14H23N/c1-4-8-14(15-11-12(2)3)13-9-6-5-7-10-13/h5-7,9-10,12,14-15H,4,8,11H2,1-3H3/t14-/m0/s1. The molecule has 0 heterocycles. The lowest BCUT2D eigenvalue weighted by Gasteiger charge is -2.19. The molecule has 0 aliphatic heterocycles. The second-order valence-corrected chi connectivity index (χ2v) is 4.55. The van der Waals surface area contributed by atoms with Crippen molar-refractivity contribution < 1.29 is 0 Å². The maximum Gasteiger partial charge on any atom is 0.0320 e. The zero-order valence-corrected chi connectivity index (χ0v) is 10.2. The molecule has 1 N–H and O–H groups in total. The predicted octanol–water partition coefficient (Wildman–Crippen LogP) is 3.77. The zero-order chi connectivity index (χ0) is 11.1. The monoisotopic (exact) mass is 205 g/mol. The van der Waals surface area contributed by atoms with Crippen LogP contribution in [0.4, 0.5) is 0 Å². The number of hydrogen-bond donors (Lipinski definition) is 1. The van der Waals surface area contributed by atoms with Gasteiger partial charge in [-0.15, -0.1) is 0 Å². The highest BCUT2D eigenvalue weighted by Gasteiger charge is 2.09. The van der Waals surface area contributed by atoms with Gasteiger partial charge in [-0.1, -0.05) is 57.5 Å². The summed E-state index contributed by atoms with van der Waals surface area (Å²) >= 11 is 0. The molecule has 0 saturated carbocycles. The molecule has 1 aromatic rings. The summed E-state index contributed by atoms with van der Waals surface area (Å²) in [6.07, 6.45) is 2.45. The molecule has 0 amide bonds. The molecule has 84 valence electrons. The van der Waals surface area contributed by atoms with Gasteiger partial charge in [-0.05, 0) is 24.4 Å². The van der Waals surface area contributed by atoms with Gasteiger partial charge in [0.1, 0.15) is 0 Å². The van der Waals surface area contributed by atoms with Gasteiger partial charge in [0.15, 0.2) is 0 Å². The summed E-state index contributed by atoms with van der Waals surface area (Å²) in [6, 6.07) is 11.3. The summed E-state index contributed by atoms with van der Waals surface area (Å²) < 4.78 is 0. The molecule has 0 bridgehead atoms. The van der Waals surface area contributed by atoms with E-state index in [0.717, 1.165) is 6.54 Å². The molecule has 0 aliphatic rings. The van der Waals surface area contributed by atoms with Gasteiger partial charge in [-0.2, -0.15) is 0 Å².